The van der Waals surface area contributed by atoms with Gasteiger partial charge in [0.05, 0.1) is 10.9 Å². The monoisotopic (exact) mass is 604 g/mol. The number of sulfonamides is 1. The molecular weight excluding hydrogens is 560 g/mol. The molecule has 226 valence electrons. The lowest BCUT2D eigenvalue weighted by molar-refractivity contribution is -0.120. The first-order chi connectivity index (χ1) is 19.0. The number of carbonyl (C=O) groups excluding carboxylic acids is 3. The molecule has 0 bridgehead atoms. The van der Waals surface area contributed by atoms with Gasteiger partial charge in [0.2, 0.25) is 16.4 Å². The number of fused-ring (bicyclic) bond motifs is 1. The Kier molecular flexibility index (Phi) is 12.1. The van der Waals surface area contributed by atoms with E-state index in [1.165, 1.54) is 17.9 Å². The normalized spacial score (nSPS) is 13.6. The molecule has 2 rings (SSSR count). The zero-order valence-corrected chi connectivity index (χ0v) is 27.3. The number of benzene rings is 2. The van der Waals surface area contributed by atoms with Gasteiger partial charge in [-0.1, -0.05) is 56.8 Å². The number of ketones is 1. The van der Waals surface area contributed by atoms with Crippen molar-refractivity contribution in [3.8, 4) is 0 Å². The number of likely N-dealkylation sites (N-methyl/N-ethyl adjacent to an activating group) is 1. The fourth-order valence-corrected chi connectivity index (χ4v) is 6.49. The fourth-order valence-electron chi connectivity index (χ4n) is 4.04. The second-order valence-corrected chi connectivity index (χ2v) is 14.3. The van der Waals surface area contributed by atoms with Crippen molar-refractivity contribution in [1.29, 1.82) is 0 Å². The van der Waals surface area contributed by atoms with E-state index in [2.05, 4.69) is 4.72 Å². The zero-order valence-electron chi connectivity index (χ0n) is 25.6. The molecule has 0 aliphatic rings. The lowest BCUT2D eigenvalue weighted by Gasteiger charge is -2.25. The summed E-state index contributed by atoms with van der Waals surface area (Å²) in [5.74, 6) is -0.317. The number of hydrogen-bond donors (Lipinski definition) is 1. The molecule has 9 nitrogen and oxygen atoms in total. The van der Waals surface area contributed by atoms with Crippen LogP contribution in [0.2, 0.25) is 0 Å². The van der Waals surface area contributed by atoms with E-state index < -0.39 is 21.5 Å². The first kappa shape index (κ1) is 34.5. The van der Waals surface area contributed by atoms with Crippen molar-refractivity contribution in [3.63, 3.8) is 0 Å². The Balaban J connectivity index is 2.28. The average Bonchev–Trinajstić information content (AvgIpc) is 2.88. The average molecular weight is 605 g/mol. The van der Waals surface area contributed by atoms with Crippen molar-refractivity contribution in [2.45, 2.75) is 58.4 Å². The number of hydrogen-bond acceptors (Lipinski definition) is 8. The third-order valence-electron chi connectivity index (χ3n) is 6.62. The van der Waals surface area contributed by atoms with Gasteiger partial charge in [0.25, 0.3) is 0 Å². The van der Waals surface area contributed by atoms with Crippen molar-refractivity contribution in [2.24, 2.45) is 5.41 Å². The van der Waals surface area contributed by atoms with Gasteiger partial charge in [-0.3, -0.25) is 14.4 Å². The number of nitrogens with one attached hydrogen (secondary N) is 1. The van der Waals surface area contributed by atoms with Gasteiger partial charge in [-0.25, -0.2) is 13.1 Å². The molecule has 0 aliphatic carbocycles. The Hall–Kier alpha value is -2.73. The highest BCUT2D eigenvalue weighted by Gasteiger charge is 2.27. The van der Waals surface area contributed by atoms with Gasteiger partial charge in [-0.2, -0.15) is 0 Å². The number of rotatable bonds is 14. The Morgan fingerprint density at radius 3 is 2.15 bits per heavy atom. The maximum absolute atomic E-state index is 13.4. The molecule has 0 aromatic heterocycles. The highest BCUT2D eigenvalue weighted by molar-refractivity contribution is 8.17. The van der Waals surface area contributed by atoms with Crippen LogP contribution in [0, 0.1) is 5.41 Å². The van der Waals surface area contributed by atoms with E-state index >= 15 is 0 Å². The minimum Gasteiger partial charge on any atom is -0.377 e. The number of thioether (sulfide) groups is 1. The molecule has 41 heavy (non-hydrogen) atoms. The smallest absolute Gasteiger partial charge is 0.241 e. The van der Waals surface area contributed by atoms with Gasteiger partial charge in [0, 0.05) is 66.1 Å². The molecule has 11 heteroatoms. The van der Waals surface area contributed by atoms with Crippen LogP contribution in [0.4, 0.5) is 5.69 Å². The summed E-state index contributed by atoms with van der Waals surface area (Å²) in [5.41, 5.74) is 0.873. The molecule has 0 radical (unpaired) electrons. The molecule has 0 aliphatic heterocycles. The van der Waals surface area contributed by atoms with Crippen molar-refractivity contribution < 1.29 is 22.8 Å². The van der Waals surface area contributed by atoms with Crippen LogP contribution in [0.1, 0.15) is 47.5 Å². The summed E-state index contributed by atoms with van der Waals surface area (Å²) in [5, 5.41) is 1.27. The number of anilines is 1. The van der Waals surface area contributed by atoms with Gasteiger partial charge >= 0.3 is 0 Å². The van der Waals surface area contributed by atoms with Crippen LogP contribution in [0.15, 0.2) is 51.9 Å². The molecular formula is C30H44N4O5S2. The van der Waals surface area contributed by atoms with Gasteiger partial charge in [-0.15, -0.1) is 0 Å². The summed E-state index contributed by atoms with van der Waals surface area (Å²) < 4.78 is 29.4. The maximum Gasteiger partial charge on any atom is 0.241 e. The van der Waals surface area contributed by atoms with E-state index in [0.717, 1.165) is 29.2 Å². The Labute approximate surface area is 249 Å². The Bertz CT molecular complexity index is 1400. The summed E-state index contributed by atoms with van der Waals surface area (Å²) in [6.45, 7) is 9.79. The fraction of sp³-hybridized carbons (Fsp3) is 0.500. The third-order valence-corrected chi connectivity index (χ3v) is 9.76. The van der Waals surface area contributed by atoms with Crippen molar-refractivity contribution in [2.75, 3.05) is 46.2 Å². The maximum atomic E-state index is 13.4. The van der Waals surface area contributed by atoms with E-state index in [1.807, 2.05) is 70.9 Å². The van der Waals surface area contributed by atoms with E-state index in [9.17, 15) is 22.8 Å². The predicted molar refractivity (Wildman–Crippen MR) is 168 cm³/mol. The van der Waals surface area contributed by atoms with E-state index in [0.29, 0.717) is 29.1 Å². The van der Waals surface area contributed by atoms with Crippen LogP contribution >= 0.6 is 11.8 Å². The number of amides is 1. The van der Waals surface area contributed by atoms with E-state index in [-0.39, 0.29) is 28.6 Å². The molecule has 1 amide bonds. The lowest BCUT2D eigenvalue weighted by Crippen LogP contribution is -2.38. The van der Waals surface area contributed by atoms with Crippen LogP contribution in [0.3, 0.4) is 0 Å². The first-order valence-electron chi connectivity index (χ1n) is 13.5. The number of allylic oxidation sites excluding steroid dienone is 2. The second-order valence-electron chi connectivity index (χ2n) is 11.6. The van der Waals surface area contributed by atoms with Crippen LogP contribution in [0.5, 0.6) is 0 Å². The van der Waals surface area contributed by atoms with E-state index in [4.69, 9.17) is 0 Å². The van der Waals surface area contributed by atoms with Crippen LogP contribution in [0.25, 0.3) is 10.8 Å². The minimum atomic E-state index is -4.02. The van der Waals surface area contributed by atoms with Gasteiger partial charge in [-0.05, 0) is 46.5 Å². The largest absolute Gasteiger partial charge is 0.377 e. The molecule has 0 heterocycles. The van der Waals surface area contributed by atoms with Crippen LogP contribution < -0.4 is 9.62 Å². The van der Waals surface area contributed by atoms with Crippen molar-refractivity contribution in [1.82, 2.24) is 14.5 Å². The molecule has 1 atom stereocenters. The molecule has 0 saturated carbocycles. The molecule has 1 unspecified atom stereocenters. The molecule has 0 saturated heterocycles. The number of carbonyl (C=O) groups is 3. The summed E-state index contributed by atoms with van der Waals surface area (Å²) in [6, 6.07) is 9.57. The summed E-state index contributed by atoms with van der Waals surface area (Å²) in [7, 11) is 3.57. The molecule has 1 N–H and O–H groups in total. The highest BCUT2D eigenvalue weighted by Crippen LogP contribution is 2.34. The number of nitrogens with zero attached hydrogens (tertiary/aromatic N) is 3. The molecule has 2 aromatic rings. The molecule has 2 aromatic carbocycles. The first-order valence-corrected chi connectivity index (χ1v) is 15.8. The quantitative estimate of drug-likeness (QED) is 0.315. The summed E-state index contributed by atoms with van der Waals surface area (Å²) in [6.07, 6.45) is 0.933. The predicted octanol–water partition coefficient (Wildman–Crippen LogP) is 4.48. The zero-order chi connectivity index (χ0) is 31.1. The second kappa shape index (κ2) is 14.4. The molecule has 0 spiro atoms. The lowest BCUT2D eigenvalue weighted by atomic mass is 10.00. The molecule has 0 fully saturated rings. The summed E-state index contributed by atoms with van der Waals surface area (Å²) >= 11 is 1.04. The third kappa shape index (κ3) is 9.39. The van der Waals surface area contributed by atoms with E-state index in [1.54, 1.807) is 25.1 Å². The van der Waals surface area contributed by atoms with Gasteiger partial charge in [0.1, 0.15) is 0 Å². The van der Waals surface area contributed by atoms with Crippen LogP contribution in [-0.2, 0) is 24.4 Å². The van der Waals surface area contributed by atoms with Crippen molar-refractivity contribution >= 4 is 55.6 Å². The number of Topliss-reactive ketones (excluding diaryl/α,β-unsaturated/α-hetero) is 1. The van der Waals surface area contributed by atoms with Gasteiger partial charge in [0.15, 0.2) is 10.9 Å². The topological polar surface area (TPSA) is 107 Å². The van der Waals surface area contributed by atoms with Crippen molar-refractivity contribution in [3.05, 3.63) is 47.0 Å². The summed E-state index contributed by atoms with van der Waals surface area (Å²) in [4.78, 5) is 44.1. The SMILES string of the molecule is C/C(=C(\CCC(=O)C(C)NS(=O)(=O)c1cccc2c(N(C)C)cccc12)SC(=O)C(C)(C)C)N(C=O)CCN(C)C. The minimum absolute atomic E-state index is 0.00146. The Morgan fingerprint density at radius 1 is 0.976 bits per heavy atom. The Morgan fingerprint density at radius 2 is 1.59 bits per heavy atom. The van der Waals surface area contributed by atoms with Crippen LogP contribution in [-0.4, -0.2) is 82.8 Å². The standard InChI is InChI=1S/C30H44N4O5S2/c1-21(31-41(38,39)28-15-11-12-23-24(28)13-10-14-25(23)33(8)9)26(36)16-17-27(40-29(37)30(3,4)5)22(2)34(20-35)19-18-32(6)7/h10-15,20-21,31H,16-19H2,1-9H3/b27-22-. The van der Waals surface area contributed by atoms with Gasteiger partial charge < -0.3 is 14.7 Å². The highest BCUT2D eigenvalue weighted by atomic mass is 32.2.